The van der Waals surface area contributed by atoms with Gasteiger partial charge in [-0.05, 0) is 23.3 Å². The summed E-state index contributed by atoms with van der Waals surface area (Å²) in [6, 6.07) is 13.2. The fourth-order valence-electron chi connectivity index (χ4n) is 2.09. The molecule has 2 heterocycles. The van der Waals surface area contributed by atoms with Crippen molar-refractivity contribution in [1.29, 1.82) is 0 Å². The van der Waals surface area contributed by atoms with Crippen LogP contribution < -0.4 is 5.43 Å². The predicted octanol–water partition coefficient (Wildman–Crippen LogP) is 3.02. The molecule has 0 bridgehead atoms. The van der Waals surface area contributed by atoms with E-state index in [1.807, 2.05) is 41.0 Å². The van der Waals surface area contributed by atoms with Gasteiger partial charge in [-0.1, -0.05) is 24.3 Å². The zero-order valence-corrected chi connectivity index (χ0v) is 9.78. The zero-order valence-electron chi connectivity index (χ0n) is 8.97. The van der Waals surface area contributed by atoms with E-state index in [1.54, 1.807) is 0 Å². The molecule has 82 valence electrons. The van der Waals surface area contributed by atoms with Crippen LogP contribution in [0.3, 0.4) is 0 Å². The van der Waals surface area contributed by atoms with E-state index in [9.17, 15) is 0 Å². The first-order chi connectivity index (χ1) is 7.93. The van der Waals surface area contributed by atoms with Crippen molar-refractivity contribution in [3.05, 3.63) is 59.9 Å². The molecule has 1 aliphatic heterocycles. The van der Waals surface area contributed by atoms with Gasteiger partial charge in [-0.3, -0.25) is 4.68 Å². The summed E-state index contributed by atoms with van der Waals surface area (Å²) in [6.45, 7) is 0. The van der Waals surface area contributed by atoms with Gasteiger partial charge in [0.15, 0.2) is 0 Å². The van der Waals surface area contributed by atoms with Crippen LogP contribution in [0.15, 0.2) is 48.8 Å². The second kappa shape index (κ2) is 4.26. The molecule has 2 nitrogen and oxygen atoms in total. The summed E-state index contributed by atoms with van der Waals surface area (Å²) in [4.78, 5) is 0. The predicted molar refractivity (Wildman–Crippen MR) is 69.1 cm³/mol. The van der Waals surface area contributed by atoms with E-state index < -0.39 is 0 Å². The van der Waals surface area contributed by atoms with Gasteiger partial charge in [0.1, 0.15) is 0 Å². The van der Waals surface area contributed by atoms with Crippen LogP contribution in [-0.4, -0.2) is 10.4 Å². The minimum Gasteiger partial charge on any atom is -0.318 e. The quantitative estimate of drug-likeness (QED) is 0.854. The highest BCUT2D eigenvalue weighted by atomic mass is 32.2. The Balaban J connectivity index is 1.87. The van der Waals surface area contributed by atoms with Crippen LogP contribution in [0.4, 0.5) is 0 Å². The average molecular weight is 230 g/mol. The third-order valence-corrected chi connectivity index (χ3v) is 3.97. The molecule has 16 heavy (non-hydrogen) atoms. The van der Waals surface area contributed by atoms with Crippen LogP contribution in [0.5, 0.6) is 0 Å². The van der Waals surface area contributed by atoms with Gasteiger partial charge in [-0.2, -0.15) is 11.8 Å². The maximum Gasteiger partial charge on any atom is 0.0767 e. The van der Waals surface area contributed by atoms with E-state index in [1.165, 1.54) is 11.1 Å². The van der Waals surface area contributed by atoms with Crippen molar-refractivity contribution in [2.75, 3.05) is 11.2 Å². The highest BCUT2D eigenvalue weighted by molar-refractivity contribution is 7.98. The van der Waals surface area contributed by atoms with Gasteiger partial charge in [0.25, 0.3) is 0 Å². The Morgan fingerprint density at radius 2 is 1.94 bits per heavy atom. The third-order valence-electron chi connectivity index (χ3n) is 2.88. The Morgan fingerprint density at radius 3 is 2.81 bits per heavy atom. The van der Waals surface area contributed by atoms with Crippen molar-refractivity contribution in [2.24, 2.45) is 0 Å². The molecule has 1 unspecified atom stereocenters. The summed E-state index contributed by atoms with van der Waals surface area (Å²) in [5.74, 6) is 2.27. The SMILES string of the molecule is c1ccc2c(c1)CSCC2Nn1cccc1. The Kier molecular flexibility index (Phi) is 2.62. The number of benzene rings is 1. The molecular weight excluding hydrogens is 216 g/mol. The van der Waals surface area contributed by atoms with Gasteiger partial charge in [-0.15, -0.1) is 0 Å². The summed E-state index contributed by atoms with van der Waals surface area (Å²) >= 11 is 1.99. The van der Waals surface area contributed by atoms with Gasteiger partial charge < -0.3 is 5.43 Å². The van der Waals surface area contributed by atoms with Gasteiger partial charge >= 0.3 is 0 Å². The standard InChI is InChI=1S/C13H14N2S/c1-2-6-12-11(5-1)9-16-10-13(12)14-15-7-3-4-8-15/h1-8,13-14H,9-10H2. The summed E-state index contributed by atoms with van der Waals surface area (Å²) in [5.41, 5.74) is 6.41. The Morgan fingerprint density at radius 1 is 1.12 bits per heavy atom. The van der Waals surface area contributed by atoms with Crippen LogP contribution in [-0.2, 0) is 5.75 Å². The molecule has 3 heteroatoms. The van der Waals surface area contributed by atoms with Crippen molar-refractivity contribution in [2.45, 2.75) is 11.8 Å². The van der Waals surface area contributed by atoms with E-state index in [-0.39, 0.29) is 0 Å². The summed E-state index contributed by atoms with van der Waals surface area (Å²) in [7, 11) is 0. The van der Waals surface area contributed by atoms with E-state index >= 15 is 0 Å². The lowest BCUT2D eigenvalue weighted by Gasteiger charge is -2.27. The number of rotatable bonds is 2. The molecular formula is C13H14N2S. The van der Waals surface area contributed by atoms with Crippen LogP contribution >= 0.6 is 11.8 Å². The molecule has 0 saturated heterocycles. The van der Waals surface area contributed by atoms with E-state index in [0.29, 0.717) is 6.04 Å². The second-order valence-electron chi connectivity index (χ2n) is 3.99. The summed E-state index contributed by atoms with van der Waals surface area (Å²) < 4.78 is 2.04. The monoisotopic (exact) mass is 230 g/mol. The molecule has 1 aromatic heterocycles. The number of hydrogen-bond donors (Lipinski definition) is 1. The highest BCUT2D eigenvalue weighted by Crippen LogP contribution is 2.31. The van der Waals surface area contributed by atoms with Crippen LogP contribution in [0, 0.1) is 0 Å². The first-order valence-corrected chi connectivity index (χ1v) is 6.64. The summed E-state index contributed by atoms with van der Waals surface area (Å²) in [5, 5.41) is 0. The maximum atomic E-state index is 3.51. The smallest absolute Gasteiger partial charge is 0.0767 e. The molecule has 1 N–H and O–H groups in total. The topological polar surface area (TPSA) is 17.0 Å². The number of nitrogens with zero attached hydrogens (tertiary/aromatic N) is 1. The lowest BCUT2D eigenvalue weighted by Crippen LogP contribution is -2.24. The molecule has 1 aromatic carbocycles. The average Bonchev–Trinajstić information content (AvgIpc) is 2.82. The van der Waals surface area contributed by atoms with Crippen molar-refractivity contribution >= 4 is 11.8 Å². The number of thioether (sulfide) groups is 1. The van der Waals surface area contributed by atoms with Crippen molar-refractivity contribution in [1.82, 2.24) is 4.68 Å². The third kappa shape index (κ3) is 1.83. The van der Waals surface area contributed by atoms with Crippen molar-refractivity contribution in [3.63, 3.8) is 0 Å². The first kappa shape index (κ1) is 9.85. The Hall–Kier alpha value is -1.35. The molecule has 0 saturated carbocycles. The van der Waals surface area contributed by atoms with Gasteiger partial charge in [-0.25, -0.2) is 0 Å². The number of nitrogens with one attached hydrogen (secondary N) is 1. The number of fused-ring (bicyclic) bond motifs is 1. The molecule has 1 aliphatic rings. The lowest BCUT2D eigenvalue weighted by molar-refractivity contribution is 0.725. The normalized spacial score (nSPS) is 19.1. The zero-order chi connectivity index (χ0) is 10.8. The van der Waals surface area contributed by atoms with Crippen molar-refractivity contribution in [3.8, 4) is 0 Å². The summed E-state index contributed by atoms with van der Waals surface area (Å²) in [6.07, 6.45) is 4.09. The molecule has 0 spiro atoms. The largest absolute Gasteiger partial charge is 0.318 e. The van der Waals surface area contributed by atoms with Crippen molar-refractivity contribution < 1.29 is 0 Å². The van der Waals surface area contributed by atoms with Gasteiger partial charge in [0, 0.05) is 23.9 Å². The number of aromatic nitrogens is 1. The van der Waals surface area contributed by atoms with E-state index in [2.05, 4.69) is 29.7 Å². The molecule has 2 aromatic rings. The van der Waals surface area contributed by atoms with Crippen LogP contribution in [0.2, 0.25) is 0 Å². The molecule has 1 atom stereocenters. The number of hydrogen-bond acceptors (Lipinski definition) is 2. The maximum absolute atomic E-state index is 3.51. The molecule has 0 amide bonds. The second-order valence-corrected chi connectivity index (χ2v) is 5.02. The van der Waals surface area contributed by atoms with Gasteiger partial charge in [0.2, 0.25) is 0 Å². The fraction of sp³-hybridized carbons (Fsp3) is 0.231. The fourth-order valence-corrected chi connectivity index (χ4v) is 3.18. The van der Waals surface area contributed by atoms with Crippen LogP contribution in [0.1, 0.15) is 17.2 Å². The van der Waals surface area contributed by atoms with E-state index in [4.69, 9.17) is 0 Å². The minimum atomic E-state index is 0.419. The molecule has 3 rings (SSSR count). The minimum absolute atomic E-state index is 0.419. The molecule has 0 fully saturated rings. The van der Waals surface area contributed by atoms with Gasteiger partial charge in [0.05, 0.1) is 6.04 Å². The molecule has 0 aliphatic carbocycles. The van der Waals surface area contributed by atoms with Crippen LogP contribution in [0.25, 0.3) is 0 Å². The Labute approximate surface area is 99.6 Å². The first-order valence-electron chi connectivity index (χ1n) is 5.48. The van der Waals surface area contributed by atoms with E-state index in [0.717, 1.165) is 11.5 Å². The lowest BCUT2D eigenvalue weighted by atomic mass is 10.0. The highest BCUT2D eigenvalue weighted by Gasteiger charge is 2.19. The molecule has 0 radical (unpaired) electrons. The Bertz CT molecular complexity index is 465.